The highest BCUT2D eigenvalue weighted by Gasteiger charge is 2.05. The molecule has 5 nitrogen and oxygen atoms in total. The van der Waals surface area contributed by atoms with Crippen LogP contribution in [0.15, 0.2) is 24.5 Å². The molecular weight excluding hydrogens is 188 g/mol. The van der Waals surface area contributed by atoms with Crippen LogP contribution in [0.4, 0.5) is 0 Å². The van der Waals surface area contributed by atoms with Gasteiger partial charge in [0.2, 0.25) is 0 Å². The van der Waals surface area contributed by atoms with E-state index in [1.54, 1.807) is 6.92 Å². The van der Waals surface area contributed by atoms with Crippen LogP contribution >= 0.6 is 0 Å². The molecule has 0 unspecified atom stereocenters. The van der Waals surface area contributed by atoms with Crippen LogP contribution in [0.3, 0.4) is 0 Å². The second-order valence-electron chi connectivity index (χ2n) is 2.41. The van der Waals surface area contributed by atoms with Gasteiger partial charge >= 0.3 is 5.97 Å². The Hall–Kier alpha value is -1.49. The molecule has 78 valence electrons. The van der Waals surface area contributed by atoms with Gasteiger partial charge in [-0.1, -0.05) is 0 Å². The van der Waals surface area contributed by atoms with Crippen molar-refractivity contribution in [2.75, 3.05) is 19.8 Å². The highest BCUT2D eigenvalue weighted by molar-refractivity contribution is 5.70. The van der Waals surface area contributed by atoms with Gasteiger partial charge in [-0.3, -0.25) is 0 Å². The highest BCUT2D eigenvalue weighted by atomic mass is 16.6. The zero-order chi connectivity index (χ0) is 10.2. The van der Waals surface area contributed by atoms with Crippen molar-refractivity contribution in [1.82, 2.24) is 0 Å². The summed E-state index contributed by atoms with van der Waals surface area (Å²) in [6, 6.07) is 0. The normalized spacial score (nSPS) is 13.9. The standard InChI is InChI=1S/C9H12O5/c1-2-13-9(10)7-12-6-8-5-11-3-4-14-8/h3-5H,2,6-7H2,1H3. The van der Waals surface area contributed by atoms with Gasteiger partial charge in [-0.25, -0.2) is 4.79 Å². The minimum absolute atomic E-state index is 0.0851. The predicted octanol–water partition coefficient (Wildman–Crippen LogP) is 0.925. The summed E-state index contributed by atoms with van der Waals surface area (Å²) in [4.78, 5) is 10.8. The summed E-state index contributed by atoms with van der Waals surface area (Å²) in [5, 5.41) is 0. The topological polar surface area (TPSA) is 54.0 Å². The second-order valence-corrected chi connectivity index (χ2v) is 2.41. The van der Waals surface area contributed by atoms with Gasteiger partial charge in [-0.15, -0.1) is 0 Å². The molecule has 0 aromatic carbocycles. The number of carbonyl (C=O) groups is 1. The van der Waals surface area contributed by atoms with E-state index in [-0.39, 0.29) is 19.2 Å². The fourth-order valence-corrected chi connectivity index (χ4v) is 0.796. The molecule has 0 saturated heterocycles. The molecule has 0 N–H and O–H groups in total. The highest BCUT2D eigenvalue weighted by Crippen LogP contribution is 2.05. The van der Waals surface area contributed by atoms with Gasteiger partial charge in [0.25, 0.3) is 0 Å². The third-order valence-electron chi connectivity index (χ3n) is 1.32. The van der Waals surface area contributed by atoms with Crippen LogP contribution in [0.2, 0.25) is 0 Å². The Balaban J connectivity index is 2.09. The van der Waals surface area contributed by atoms with E-state index in [4.69, 9.17) is 14.2 Å². The molecule has 0 aromatic rings. The lowest BCUT2D eigenvalue weighted by Gasteiger charge is -2.09. The molecule has 0 atom stereocenters. The Kier molecular flexibility index (Phi) is 4.57. The largest absolute Gasteiger partial charge is 0.466 e. The minimum atomic E-state index is -0.389. The van der Waals surface area contributed by atoms with E-state index >= 15 is 0 Å². The van der Waals surface area contributed by atoms with Crippen molar-refractivity contribution in [3.63, 3.8) is 0 Å². The Morgan fingerprint density at radius 2 is 2.36 bits per heavy atom. The molecule has 1 aliphatic rings. The molecular formula is C9H12O5. The summed E-state index contributed by atoms with van der Waals surface area (Å²) in [5.74, 6) is 0.122. The lowest BCUT2D eigenvalue weighted by molar-refractivity contribution is -0.148. The van der Waals surface area contributed by atoms with Gasteiger partial charge in [0.05, 0.1) is 6.61 Å². The molecule has 1 rings (SSSR count). The summed E-state index contributed by atoms with van der Waals surface area (Å²) in [6.45, 7) is 2.19. The summed E-state index contributed by atoms with van der Waals surface area (Å²) >= 11 is 0. The quantitative estimate of drug-likeness (QED) is 0.618. The second kappa shape index (κ2) is 6.04. The first-order valence-electron chi connectivity index (χ1n) is 4.22. The average molecular weight is 200 g/mol. The third-order valence-corrected chi connectivity index (χ3v) is 1.32. The van der Waals surface area contributed by atoms with Crippen molar-refractivity contribution >= 4 is 5.97 Å². The summed E-state index contributed by atoms with van der Waals surface area (Å²) in [5.41, 5.74) is 0. The van der Waals surface area contributed by atoms with E-state index in [1.807, 2.05) is 0 Å². The molecule has 0 saturated carbocycles. The van der Waals surface area contributed by atoms with Crippen LogP contribution in [0, 0.1) is 0 Å². The number of hydrogen-bond acceptors (Lipinski definition) is 5. The molecule has 5 heteroatoms. The smallest absolute Gasteiger partial charge is 0.332 e. The number of ether oxygens (including phenoxy) is 4. The van der Waals surface area contributed by atoms with Gasteiger partial charge in [0, 0.05) is 0 Å². The maximum atomic E-state index is 10.8. The van der Waals surface area contributed by atoms with Crippen LogP contribution in [0.1, 0.15) is 6.92 Å². The van der Waals surface area contributed by atoms with Crippen molar-refractivity contribution in [2.45, 2.75) is 6.92 Å². The molecule has 0 fully saturated rings. The van der Waals surface area contributed by atoms with Crippen molar-refractivity contribution in [1.29, 1.82) is 0 Å². The summed E-state index contributed by atoms with van der Waals surface area (Å²) < 4.78 is 19.5. The van der Waals surface area contributed by atoms with Crippen LogP contribution in [0.25, 0.3) is 0 Å². The van der Waals surface area contributed by atoms with Crippen LogP contribution in [-0.2, 0) is 23.7 Å². The Bertz CT molecular complexity index is 244. The van der Waals surface area contributed by atoms with Gasteiger partial charge < -0.3 is 18.9 Å². The Morgan fingerprint density at radius 3 is 3.00 bits per heavy atom. The number of esters is 1. The van der Waals surface area contributed by atoms with Gasteiger partial charge in [-0.05, 0) is 6.92 Å². The van der Waals surface area contributed by atoms with Gasteiger partial charge in [0.15, 0.2) is 5.76 Å². The first kappa shape index (κ1) is 10.6. The van der Waals surface area contributed by atoms with Crippen molar-refractivity contribution in [2.24, 2.45) is 0 Å². The average Bonchev–Trinajstić information content (AvgIpc) is 2.20. The molecule has 0 amide bonds. The maximum Gasteiger partial charge on any atom is 0.332 e. The fourth-order valence-electron chi connectivity index (χ4n) is 0.796. The Morgan fingerprint density at radius 1 is 1.50 bits per heavy atom. The van der Waals surface area contributed by atoms with Crippen molar-refractivity contribution in [3.05, 3.63) is 24.5 Å². The monoisotopic (exact) mass is 200 g/mol. The van der Waals surface area contributed by atoms with E-state index in [0.717, 1.165) is 0 Å². The van der Waals surface area contributed by atoms with Crippen LogP contribution in [-0.4, -0.2) is 25.8 Å². The number of carbonyl (C=O) groups excluding carboxylic acids is 1. The predicted molar refractivity (Wildman–Crippen MR) is 46.8 cm³/mol. The fraction of sp³-hybridized carbons (Fsp3) is 0.444. The number of rotatable bonds is 5. The Labute approximate surface area is 81.9 Å². The molecule has 0 aromatic heterocycles. The number of hydrogen-bond donors (Lipinski definition) is 0. The minimum Gasteiger partial charge on any atom is -0.466 e. The van der Waals surface area contributed by atoms with Crippen LogP contribution < -0.4 is 0 Å². The third kappa shape index (κ3) is 3.95. The molecule has 0 bridgehead atoms. The van der Waals surface area contributed by atoms with Crippen molar-refractivity contribution in [3.8, 4) is 0 Å². The van der Waals surface area contributed by atoms with E-state index in [1.165, 1.54) is 18.8 Å². The first-order valence-corrected chi connectivity index (χ1v) is 4.22. The van der Waals surface area contributed by atoms with Crippen LogP contribution in [0.5, 0.6) is 0 Å². The van der Waals surface area contributed by atoms with Crippen molar-refractivity contribution < 1.29 is 23.7 Å². The molecule has 14 heavy (non-hydrogen) atoms. The first-order chi connectivity index (χ1) is 6.83. The molecule has 1 aliphatic heterocycles. The summed E-state index contributed by atoms with van der Waals surface area (Å²) in [6.07, 6.45) is 4.20. The molecule has 0 radical (unpaired) electrons. The van der Waals surface area contributed by atoms with Gasteiger partial charge in [-0.2, -0.15) is 0 Å². The van der Waals surface area contributed by atoms with Gasteiger partial charge in [0.1, 0.15) is 32.0 Å². The van der Waals surface area contributed by atoms with E-state index in [2.05, 4.69) is 4.74 Å². The van der Waals surface area contributed by atoms with E-state index in [0.29, 0.717) is 12.4 Å². The molecule has 0 aliphatic carbocycles. The lowest BCUT2D eigenvalue weighted by Crippen LogP contribution is -2.14. The molecule has 0 spiro atoms. The zero-order valence-electron chi connectivity index (χ0n) is 7.89. The maximum absolute atomic E-state index is 10.8. The lowest BCUT2D eigenvalue weighted by atomic mass is 10.5. The van der Waals surface area contributed by atoms with E-state index in [9.17, 15) is 4.79 Å². The SMILES string of the molecule is CCOC(=O)COCC1=COC=CO1. The zero-order valence-corrected chi connectivity index (χ0v) is 7.89. The molecule has 1 heterocycles. The summed E-state index contributed by atoms with van der Waals surface area (Å²) in [7, 11) is 0. The van der Waals surface area contributed by atoms with E-state index < -0.39 is 0 Å².